The predicted molar refractivity (Wildman–Crippen MR) is 99.0 cm³/mol. The van der Waals surface area contributed by atoms with Crippen molar-refractivity contribution in [3.05, 3.63) is 53.9 Å². The smallest absolute Gasteiger partial charge is 0.231 e. The number of nitrogens with zero attached hydrogens (tertiary/aromatic N) is 4. The Labute approximate surface area is 156 Å². The van der Waals surface area contributed by atoms with E-state index in [0.717, 1.165) is 11.1 Å². The van der Waals surface area contributed by atoms with Crippen LogP contribution in [-0.4, -0.2) is 28.7 Å². The Hall–Kier alpha value is -3.79. The van der Waals surface area contributed by atoms with Crippen molar-refractivity contribution in [2.24, 2.45) is 7.05 Å². The minimum absolute atomic E-state index is 0.147. The summed E-state index contributed by atoms with van der Waals surface area (Å²) in [5, 5.41) is 18.1. The highest BCUT2D eigenvalue weighted by Gasteiger charge is 2.20. The number of fused-ring (bicyclic) bond motifs is 1. The van der Waals surface area contributed by atoms with Crippen LogP contribution >= 0.6 is 0 Å². The Balaban J connectivity index is 1.76. The summed E-state index contributed by atoms with van der Waals surface area (Å²) < 4.78 is 18.0. The third-order valence-corrected chi connectivity index (χ3v) is 4.26. The molecule has 1 aromatic heterocycles. The monoisotopic (exact) mass is 360 g/mol. The van der Waals surface area contributed by atoms with Crippen LogP contribution in [0.3, 0.4) is 0 Å². The highest BCUT2D eigenvalue weighted by atomic mass is 16.7. The second-order valence-electron chi connectivity index (χ2n) is 5.90. The molecule has 7 heteroatoms. The molecule has 0 bridgehead atoms. The van der Waals surface area contributed by atoms with Crippen molar-refractivity contribution in [2.75, 3.05) is 13.9 Å². The van der Waals surface area contributed by atoms with Crippen LogP contribution in [0, 0.1) is 11.3 Å². The van der Waals surface area contributed by atoms with Gasteiger partial charge in [-0.2, -0.15) is 5.26 Å². The second-order valence-corrected chi connectivity index (χ2v) is 5.90. The maximum Gasteiger partial charge on any atom is 0.231 e. The molecule has 4 rings (SSSR count). The van der Waals surface area contributed by atoms with E-state index in [1.807, 2.05) is 37.4 Å². The molecule has 0 aliphatic carbocycles. The van der Waals surface area contributed by atoms with Gasteiger partial charge in [-0.25, -0.2) is 0 Å². The molecule has 2 aromatic carbocycles. The van der Waals surface area contributed by atoms with Crippen molar-refractivity contribution in [1.29, 1.82) is 5.26 Å². The Morgan fingerprint density at radius 3 is 2.78 bits per heavy atom. The van der Waals surface area contributed by atoms with E-state index in [4.69, 9.17) is 14.2 Å². The van der Waals surface area contributed by atoms with Gasteiger partial charge in [-0.3, -0.25) is 0 Å². The molecule has 134 valence electrons. The molecule has 0 unspecified atom stereocenters. The summed E-state index contributed by atoms with van der Waals surface area (Å²) in [5.74, 6) is 2.87. The molecule has 2 heterocycles. The number of ether oxygens (including phenoxy) is 3. The van der Waals surface area contributed by atoms with E-state index in [1.54, 1.807) is 29.9 Å². The van der Waals surface area contributed by atoms with Crippen molar-refractivity contribution in [3.63, 3.8) is 0 Å². The minimum atomic E-state index is 0.147. The van der Waals surface area contributed by atoms with Crippen molar-refractivity contribution >= 4 is 11.6 Å². The lowest BCUT2D eigenvalue weighted by molar-refractivity contribution is 0.171. The maximum atomic E-state index is 9.68. The van der Waals surface area contributed by atoms with Crippen molar-refractivity contribution in [2.45, 2.75) is 0 Å². The van der Waals surface area contributed by atoms with Crippen LogP contribution in [0.5, 0.6) is 17.2 Å². The zero-order chi connectivity index (χ0) is 18.8. The highest BCUT2D eigenvalue weighted by Crippen LogP contribution is 2.42. The first kappa shape index (κ1) is 16.7. The minimum Gasteiger partial charge on any atom is -0.493 e. The van der Waals surface area contributed by atoms with Gasteiger partial charge in [-0.15, -0.1) is 10.2 Å². The van der Waals surface area contributed by atoms with Crippen LogP contribution in [0.1, 0.15) is 11.4 Å². The van der Waals surface area contributed by atoms with Crippen molar-refractivity contribution < 1.29 is 14.2 Å². The standard InChI is InChI=1S/C20H16N4O3/c1-24-19(14-6-4-3-5-7-14)22-23-20(24)15(11-21)8-13-9-16(25-2)18-17(10-13)26-12-27-18/h3-10H,12H2,1-2H3/b15-8+. The molecule has 0 radical (unpaired) electrons. The summed E-state index contributed by atoms with van der Waals surface area (Å²) >= 11 is 0. The molecule has 7 nitrogen and oxygen atoms in total. The van der Waals surface area contributed by atoms with Gasteiger partial charge in [0.15, 0.2) is 23.1 Å². The highest BCUT2D eigenvalue weighted by molar-refractivity contribution is 5.88. The summed E-state index contributed by atoms with van der Waals surface area (Å²) in [7, 11) is 3.40. The van der Waals surface area contributed by atoms with Gasteiger partial charge in [0.1, 0.15) is 6.07 Å². The number of benzene rings is 2. The number of nitriles is 1. The molecule has 0 atom stereocenters. The normalized spacial score (nSPS) is 12.7. The predicted octanol–water partition coefficient (Wildman–Crippen LogP) is 3.28. The Morgan fingerprint density at radius 1 is 1.22 bits per heavy atom. The van der Waals surface area contributed by atoms with Crippen LogP contribution in [0.4, 0.5) is 0 Å². The second kappa shape index (κ2) is 6.84. The Morgan fingerprint density at radius 2 is 2.04 bits per heavy atom. The van der Waals surface area contributed by atoms with Gasteiger partial charge in [-0.1, -0.05) is 30.3 Å². The van der Waals surface area contributed by atoms with Gasteiger partial charge in [0, 0.05) is 12.6 Å². The number of hydrogen-bond donors (Lipinski definition) is 0. The number of methoxy groups -OCH3 is 1. The topological polar surface area (TPSA) is 82.2 Å². The zero-order valence-corrected chi connectivity index (χ0v) is 14.8. The van der Waals surface area contributed by atoms with Crippen LogP contribution in [0.15, 0.2) is 42.5 Å². The molecule has 1 aliphatic rings. The van der Waals surface area contributed by atoms with Crippen LogP contribution in [-0.2, 0) is 7.05 Å². The summed E-state index contributed by atoms with van der Waals surface area (Å²) in [6.45, 7) is 0.147. The Kier molecular flexibility index (Phi) is 4.22. The molecule has 27 heavy (non-hydrogen) atoms. The number of allylic oxidation sites excluding steroid dienone is 1. The lowest BCUT2D eigenvalue weighted by atomic mass is 10.1. The fourth-order valence-corrected chi connectivity index (χ4v) is 2.95. The fourth-order valence-electron chi connectivity index (χ4n) is 2.95. The van der Waals surface area contributed by atoms with Crippen LogP contribution < -0.4 is 14.2 Å². The maximum absolute atomic E-state index is 9.68. The van der Waals surface area contributed by atoms with Gasteiger partial charge in [0.05, 0.1) is 12.7 Å². The number of aromatic nitrogens is 3. The first-order valence-corrected chi connectivity index (χ1v) is 8.26. The quantitative estimate of drug-likeness (QED) is 0.664. The average Bonchev–Trinajstić information content (AvgIpc) is 3.32. The van der Waals surface area contributed by atoms with Crippen LogP contribution in [0.25, 0.3) is 23.0 Å². The third-order valence-electron chi connectivity index (χ3n) is 4.26. The van der Waals surface area contributed by atoms with E-state index in [9.17, 15) is 5.26 Å². The average molecular weight is 360 g/mol. The van der Waals surface area contributed by atoms with Crippen molar-refractivity contribution in [1.82, 2.24) is 14.8 Å². The summed E-state index contributed by atoms with van der Waals surface area (Å²) in [6, 6.07) is 15.5. The first-order valence-electron chi connectivity index (χ1n) is 8.26. The molecular weight excluding hydrogens is 344 g/mol. The summed E-state index contributed by atoms with van der Waals surface area (Å²) in [4.78, 5) is 0. The zero-order valence-electron chi connectivity index (χ0n) is 14.8. The number of hydrogen-bond acceptors (Lipinski definition) is 6. The van der Waals surface area contributed by atoms with Gasteiger partial charge < -0.3 is 18.8 Å². The molecule has 0 saturated carbocycles. The van der Waals surface area contributed by atoms with Crippen molar-refractivity contribution in [3.8, 4) is 34.7 Å². The first-order chi connectivity index (χ1) is 13.2. The molecule has 1 aliphatic heterocycles. The van der Waals surface area contributed by atoms with Gasteiger partial charge in [-0.05, 0) is 23.8 Å². The molecular formula is C20H16N4O3. The lowest BCUT2D eigenvalue weighted by Crippen LogP contribution is -1.98. The SMILES string of the molecule is COc1cc(/C=C(\C#N)c2nnc(-c3ccccc3)n2C)cc2c1OCO2. The molecule has 0 N–H and O–H groups in total. The third kappa shape index (κ3) is 2.98. The van der Waals surface area contributed by atoms with Gasteiger partial charge in [0.25, 0.3) is 0 Å². The summed E-state index contributed by atoms with van der Waals surface area (Å²) in [5.41, 5.74) is 2.06. The van der Waals surface area contributed by atoms with E-state index < -0.39 is 0 Å². The Bertz CT molecular complexity index is 1060. The largest absolute Gasteiger partial charge is 0.493 e. The van der Waals surface area contributed by atoms with E-state index in [2.05, 4.69) is 16.3 Å². The number of rotatable bonds is 4. The van der Waals surface area contributed by atoms with E-state index >= 15 is 0 Å². The van der Waals surface area contributed by atoms with E-state index in [-0.39, 0.29) is 6.79 Å². The molecule has 0 fully saturated rings. The van der Waals surface area contributed by atoms with E-state index in [1.165, 1.54) is 0 Å². The lowest BCUT2D eigenvalue weighted by Gasteiger charge is -2.07. The summed E-state index contributed by atoms with van der Waals surface area (Å²) in [6.07, 6.45) is 1.73. The molecule has 0 saturated heterocycles. The van der Waals surface area contributed by atoms with Gasteiger partial charge in [0.2, 0.25) is 12.5 Å². The molecule has 3 aromatic rings. The van der Waals surface area contributed by atoms with Crippen LogP contribution in [0.2, 0.25) is 0 Å². The van der Waals surface area contributed by atoms with Gasteiger partial charge >= 0.3 is 0 Å². The fraction of sp³-hybridized carbons (Fsp3) is 0.150. The van der Waals surface area contributed by atoms with E-state index in [0.29, 0.717) is 34.5 Å². The molecule has 0 spiro atoms. The molecule has 0 amide bonds.